The number of aliphatic hydroxyl groups is 3. The van der Waals surface area contributed by atoms with Crippen molar-refractivity contribution in [1.29, 1.82) is 0 Å². The van der Waals surface area contributed by atoms with Crippen LogP contribution in [-0.2, 0) is 27.8 Å². The second-order valence-corrected chi connectivity index (χ2v) is 8.12. The second-order valence-electron chi connectivity index (χ2n) is 5.85. The molecule has 0 bridgehead atoms. The van der Waals surface area contributed by atoms with Gasteiger partial charge in [-0.05, 0) is 20.8 Å². The number of hydrogen-bond donors (Lipinski definition) is 3. The normalized spacial score (nSPS) is 43.8. The highest BCUT2D eigenvalue weighted by Gasteiger charge is 2.53. The Hall–Kier alpha value is -0.0900. The molecule has 2 aliphatic rings. The second kappa shape index (κ2) is 7.86. The average molecular weight is 356 g/mol. The van der Waals surface area contributed by atoms with Crippen molar-refractivity contribution in [2.45, 2.75) is 63.4 Å². The van der Waals surface area contributed by atoms with Gasteiger partial charge in [0.1, 0.15) is 24.4 Å². The molecular formula is C13H25O9P. The Kier molecular flexibility index (Phi) is 6.57. The van der Waals surface area contributed by atoms with Crippen LogP contribution >= 0.6 is 7.60 Å². The minimum atomic E-state index is -3.09. The van der Waals surface area contributed by atoms with E-state index in [1.807, 2.05) is 13.8 Å². The molecule has 10 heteroatoms. The Labute approximate surface area is 135 Å². The molecule has 0 aliphatic carbocycles. The van der Waals surface area contributed by atoms with Crippen molar-refractivity contribution in [3.8, 4) is 0 Å². The summed E-state index contributed by atoms with van der Waals surface area (Å²) in [6.45, 7) is 5.57. The minimum absolute atomic E-state index is 0.0436. The topological polar surface area (TPSA) is 127 Å². The van der Waals surface area contributed by atoms with Gasteiger partial charge in [-0.3, -0.25) is 9.09 Å². The molecule has 2 fully saturated rings. The summed E-state index contributed by atoms with van der Waals surface area (Å²) in [5.74, 6) is -0.473. The summed E-state index contributed by atoms with van der Waals surface area (Å²) in [4.78, 5) is 0. The van der Waals surface area contributed by atoms with E-state index >= 15 is 0 Å². The first-order chi connectivity index (χ1) is 10.7. The van der Waals surface area contributed by atoms with Gasteiger partial charge in [-0.25, -0.2) is 0 Å². The lowest BCUT2D eigenvalue weighted by atomic mass is 9.99. The summed E-state index contributed by atoms with van der Waals surface area (Å²) in [5.41, 5.74) is 0. The first-order valence-corrected chi connectivity index (χ1v) is 9.21. The van der Waals surface area contributed by atoms with Crippen LogP contribution in [0.1, 0.15) is 20.8 Å². The molecule has 0 aromatic rings. The Balaban J connectivity index is 1.83. The highest BCUT2D eigenvalue weighted by atomic mass is 31.2. The molecule has 0 spiro atoms. The van der Waals surface area contributed by atoms with Gasteiger partial charge in [0.15, 0.2) is 12.1 Å². The summed E-state index contributed by atoms with van der Waals surface area (Å²) in [6, 6.07) is 0. The van der Waals surface area contributed by atoms with Crippen LogP contribution in [0.5, 0.6) is 0 Å². The monoisotopic (exact) mass is 356 g/mol. The maximum atomic E-state index is 11.8. The lowest BCUT2D eigenvalue weighted by Crippen LogP contribution is -2.59. The molecule has 2 rings (SSSR count). The van der Waals surface area contributed by atoms with E-state index in [-0.39, 0.29) is 19.3 Å². The molecule has 0 radical (unpaired) electrons. The number of hydrogen-bond acceptors (Lipinski definition) is 9. The highest BCUT2D eigenvalue weighted by Crippen LogP contribution is 2.70. The molecule has 2 saturated heterocycles. The van der Waals surface area contributed by atoms with Gasteiger partial charge in [-0.2, -0.15) is 0 Å². The largest absolute Gasteiger partial charge is 0.387 e. The van der Waals surface area contributed by atoms with E-state index in [2.05, 4.69) is 0 Å². The third kappa shape index (κ3) is 4.94. The SMILES string of the molecule is CC(C)OCCOC1OC(COP2(=O)O[C@H]2C)C(O)C(O)C1O. The van der Waals surface area contributed by atoms with E-state index in [0.717, 1.165) is 0 Å². The fourth-order valence-corrected chi connectivity index (χ4v) is 3.37. The Morgan fingerprint density at radius 1 is 1.13 bits per heavy atom. The van der Waals surface area contributed by atoms with Gasteiger partial charge < -0.3 is 34.1 Å². The van der Waals surface area contributed by atoms with Crippen LogP contribution in [0.25, 0.3) is 0 Å². The summed E-state index contributed by atoms with van der Waals surface area (Å²) in [7, 11) is -3.09. The molecule has 3 N–H and O–H groups in total. The predicted octanol–water partition coefficient (Wildman–Crippen LogP) is -0.179. The summed E-state index contributed by atoms with van der Waals surface area (Å²) >= 11 is 0. The van der Waals surface area contributed by atoms with E-state index in [9.17, 15) is 19.9 Å². The van der Waals surface area contributed by atoms with Crippen molar-refractivity contribution in [3.63, 3.8) is 0 Å². The van der Waals surface area contributed by atoms with E-state index in [0.29, 0.717) is 6.61 Å². The molecule has 136 valence electrons. The van der Waals surface area contributed by atoms with Crippen molar-refractivity contribution >= 4 is 7.60 Å². The van der Waals surface area contributed by atoms with Gasteiger partial charge in [0.05, 0.1) is 25.9 Å². The van der Waals surface area contributed by atoms with Gasteiger partial charge in [0, 0.05) is 0 Å². The molecule has 6 unspecified atom stereocenters. The van der Waals surface area contributed by atoms with E-state index in [4.69, 9.17) is 23.3 Å². The fraction of sp³-hybridized carbons (Fsp3) is 1.00. The standard InChI is InChI=1S/C13H25O9P/c1-7(2)18-4-5-19-13-12(16)11(15)10(14)9(21-13)6-20-23(17)8(3)22-23/h7-16H,4-6H2,1-3H3/t8-,9?,10?,11?,12?,13?,23?/m1/s1. The average Bonchev–Trinajstić information content (AvgIpc) is 3.09. The van der Waals surface area contributed by atoms with Gasteiger partial charge in [-0.15, -0.1) is 0 Å². The molecule has 7 atom stereocenters. The van der Waals surface area contributed by atoms with Crippen LogP contribution in [-0.4, -0.2) is 77.8 Å². The Morgan fingerprint density at radius 2 is 1.78 bits per heavy atom. The van der Waals surface area contributed by atoms with E-state index in [1.165, 1.54) is 0 Å². The molecule has 23 heavy (non-hydrogen) atoms. The maximum Gasteiger partial charge on any atom is 0.360 e. The lowest BCUT2D eigenvalue weighted by molar-refractivity contribution is -0.301. The quantitative estimate of drug-likeness (QED) is 0.308. The first-order valence-electron chi connectivity index (χ1n) is 7.60. The summed E-state index contributed by atoms with van der Waals surface area (Å²) in [5, 5.41) is 29.7. The van der Waals surface area contributed by atoms with Crippen LogP contribution in [0, 0.1) is 0 Å². The van der Waals surface area contributed by atoms with Gasteiger partial charge in [0.25, 0.3) is 0 Å². The first kappa shape index (κ1) is 19.2. The number of ether oxygens (including phenoxy) is 3. The van der Waals surface area contributed by atoms with Crippen LogP contribution < -0.4 is 0 Å². The molecular weight excluding hydrogens is 331 g/mol. The van der Waals surface area contributed by atoms with Gasteiger partial charge in [-0.1, -0.05) is 0 Å². The lowest BCUT2D eigenvalue weighted by Gasteiger charge is -2.40. The highest BCUT2D eigenvalue weighted by molar-refractivity contribution is 7.60. The summed E-state index contributed by atoms with van der Waals surface area (Å²) in [6.07, 6.45) is -6.36. The third-order valence-electron chi connectivity index (χ3n) is 3.60. The van der Waals surface area contributed by atoms with Crippen molar-refractivity contribution < 1.29 is 43.1 Å². The molecule has 0 aromatic carbocycles. The smallest absolute Gasteiger partial charge is 0.360 e. The third-order valence-corrected chi connectivity index (χ3v) is 5.51. The van der Waals surface area contributed by atoms with Crippen molar-refractivity contribution in [1.82, 2.24) is 0 Å². The molecule has 2 aliphatic heterocycles. The molecule has 0 saturated carbocycles. The summed E-state index contributed by atoms with van der Waals surface area (Å²) < 4.78 is 37.8. The van der Waals surface area contributed by atoms with Crippen LogP contribution in [0.2, 0.25) is 0 Å². The van der Waals surface area contributed by atoms with Crippen molar-refractivity contribution in [3.05, 3.63) is 0 Å². The zero-order valence-corrected chi connectivity index (χ0v) is 14.3. The molecule has 0 amide bonds. The molecule has 9 nitrogen and oxygen atoms in total. The van der Waals surface area contributed by atoms with Gasteiger partial charge >= 0.3 is 7.60 Å². The zero-order chi connectivity index (χ0) is 17.2. The van der Waals surface area contributed by atoms with Crippen LogP contribution in [0.15, 0.2) is 0 Å². The Bertz CT molecular complexity index is 432. The van der Waals surface area contributed by atoms with Crippen LogP contribution in [0.4, 0.5) is 0 Å². The van der Waals surface area contributed by atoms with E-state index < -0.39 is 44.1 Å². The maximum absolute atomic E-state index is 11.8. The van der Waals surface area contributed by atoms with Crippen molar-refractivity contribution in [2.75, 3.05) is 19.8 Å². The van der Waals surface area contributed by atoms with Crippen LogP contribution in [0.3, 0.4) is 0 Å². The Morgan fingerprint density at radius 3 is 2.35 bits per heavy atom. The van der Waals surface area contributed by atoms with Gasteiger partial charge in [0.2, 0.25) is 0 Å². The zero-order valence-electron chi connectivity index (χ0n) is 13.4. The fourth-order valence-electron chi connectivity index (χ4n) is 2.14. The minimum Gasteiger partial charge on any atom is -0.387 e. The number of aliphatic hydroxyl groups excluding tert-OH is 3. The van der Waals surface area contributed by atoms with Crippen molar-refractivity contribution in [2.24, 2.45) is 0 Å². The predicted molar refractivity (Wildman–Crippen MR) is 77.8 cm³/mol. The number of rotatable bonds is 8. The molecule has 2 heterocycles. The molecule has 0 aromatic heterocycles. The van der Waals surface area contributed by atoms with E-state index in [1.54, 1.807) is 6.92 Å².